The standard InChI is InChI=1S/C21H22FN5O/c1-27(15-17-10-6-3-7-11-17)20(28)18-14-23-21(25-19(18)12-22)26-24-13-16-8-4-2-5-9-16/h2-11,14,24H,12-13,15H2,1H3,(H,23,25,26). The molecule has 0 fully saturated rings. The third kappa shape index (κ3) is 5.11. The summed E-state index contributed by atoms with van der Waals surface area (Å²) in [5.74, 6) is -0.105. The number of benzene rings is 2. The Morgan fingerprint density at radius 2 is 1.68 bits per heavy atom. The molecule has 1 heterocycles. The Bertz CT molecular complexity index is 905. The van der Waals surface area contributed by atoms with Gasteiger partial charge in [-0.2, -0.15) is 0 Å². The lowest BCUT2D eigenvalue weighted by molar-refractivity contribution is 0.0782. The van der Waals surface area contributed by atoms with E-state index in [0.717, 1.165) is 11.1 Å². The van der Waals surface area contributed by atoms with Crippen LogP contribution in [0.1, 0.15) is 27.2 Å². The first kappa shape index (κ1) is 19.4. The Kier molecular flexibility index (Phi) is 6.64. The van der Waals surface area contributed by atoms with E-state index in [4.69, 9.17) is 0 Å². The van der Waals surface area contributed by atoms with Crippen molar-refractivity contribution in [2.45, 2.75) is 19.8 Å². The molecule has 0 bridgehead atoms. The van der Waals surface area contributed by atoms with Gasteiger partial charge in [0.05, 0.1) is 11.3 Å². The number of carbonyl (C=O) groups is 1. The molecule has 0 aliphatic rings. The summed E-state index contributed by atoms with van der Waals surface area (Å²) in [6.45, 7) is 0.121. The second-order valence-electron chi connectivity index (χ2n) is 6.30. The molecule has 0 unspecified atom stereocenters. The van der Waals surface area contributed by atoms with Crippen LogP contribution in [0.5, 0.6) is 0 Å². The number of halogens is 1. The van der Waals surface area contributed by atoms with E-state index in [1.807, 2.05) is 60.7 Å². The largest absolute Gasteiger partial charge is 0.337 e. The van der Waals surface area contributed by atoms with Crippen LogP contribution >= 0.6 is 0 Å². The van der Waals surface area contributed by atoms with E-state index < -0.39 is 6.67 Å². The number of carbonyl (C=O) groups excluding carboxylic acids is 1. The highest BCUT2D eigenvalue weighted by Gasteiger charge is 2.18. The first-order valence-corrected chi connectivity index (χ1v) is 8.91. The minimum Gasteiger partial charge on any atom is -0.337 e. The third-order valence-corrected chi connectivity index (χ3v) is 4.17. The Labute approximate surface area is 163 Å². The minimum absolute atomic E-state index is 0.0592. The monoisotopic (exact) mass is 379 g/mol. The Morgan fingerprint density at radius 3 is 2.32 bits per heavy atom. The molecule has 0 aliphatic carbocycles. The van der Waals surface area contributed by atoms with Crippen LogP contribution in [0.2, 0.25) is 0 Å². The molecule has 0 atom stereocenters. The summed E-state index contributed by atoms with van der Waals surface area (Å²) in [7, 11) is 1.67. The molecule has 0 radical (unpaired) electrons. The second-order valence-corrected chi connectivity index (χ2v) is 6.30. The van der Waals surface area contributed by atoms with Gasteiger partial charge in [0.25, 0.3) is 5.91 Å². The van der Waals surface area contributed by atoms with Gasteiger partial charge in [-0.3, -0.25) is 10.2 Å². The highest BCUT2D eigenvalue weighted by atomic mass is 19.1. The van der Waals surface area contributed by atoms with Crippen LogP contribution in [-0.4, -0.2) is 27.8 Å². The van der Waals surface area contributed by atoms with Gasteiger partial charge in [0.2, 0.25) is 5.95 Å². The lowest BCUT2D eigenvalue weighted by Gasteiger charge is -2.18. The Hall–Kier alpha value is -3.32. The van der Waals surface area contributed by atoms with Gasteiger partial charge in [0.15, 0.2) is 0 Å². The van der Waals surface area contributed by atoms with E-state index in [-0.39, 0.29) is 23.1 Å². The summed E-state index contributed by atoms with van der Waals surface area (Å²) >= 11 is 0. The number of hydrogen-bond donors (Lipinski definition) is 2. The van der Waals surface area contributed by atoms with Gasteiger partial charge in [0.1, 0.15) is 6.67 Å². The van der Waals surface area contributed by atoms with Gasteiger partial charge >= 0.3 is 0 Å². The van der Waals surface area contributed by atoms with E-state index in [9.17, 15) is 9.18 Å². The number of nitrogens with one attached hydrogen (secondary N) is 2. The summed E-state index contributed by atoms with van der Waals surface area (Å²) in [4.78, 5) is 22.5. The number of anilines is 1. The molecule has 0 spiro atoms. The van der Waals surface area contributed by atoms with E-state index in [0.29, 0.717) is 13.1 Å². The van der Waals surface area contributed by atoms with Crippen molar-refractivity contribution in [3.63, 3.8) is 0 Å². The van der Waals surface area contributed by atoms with E-state index in [1.165, 1.54) is 11.1 Å². The molecule has 144 valence electrons. The first-order chi connectivity index (χ1) is 13.7. The maximum atomic E-state index is 13.5. The summed E-state index contributed by atoms with van der Waals surface area (Å²) < 4.78 is 13.5. The fourth-order valence-corrected chi connectivity index (χ4v) is 2.71. The molecule has 2 N–H and O–H groups in total. The van der Waals surface area contributed by atoms with Crippen molar-refractivity contribution < 1.29 is 9.18 Å². The average Bonchev–Trinajstić information content (AvgIpc) is 2.74. The average molecular weight is 379 g/mol. The SMILES string of the molecule is CN(Cc1ccccc1)C(=O)c1cnc(NNCc2ccccc2)nc1CF. The summed E-state index contributed by atoms with van der Waals surface area (Å²) in [5, 5.41) is 0. The molecule has 6 nitrogen and oxygen atoms in total. The maximum Gasteiger partial charge on any atom is 0.257 e. The minimum atomic E-state index is -0.851. The fourth-order valence-electron chi connectivity index (χ4n) is 2.71. The van der Waals surface area contributed by atoms with Crippen molar-refractivity contribution >= 4 is 11.9 Å². The quantitative estimate of drug-likeness (QED) is 0.588. The number of hydrazine groups is 1. The molecule has 28 heavy (non-hydrogen) atoms. The van der Waals surface area contributed by atoms with Gasteiger partial charge in [0, 0.05) is 26.3 Å². The van der Waals surface area contributed by atoms with Gasteiger partial charge in [-0.05, 0) is 11.1 Å². The highest BCUT2D eigenvalue weighted by molar-refractivity contribution is 5.94. The number of alkyl halides is 1. The molecule has 0 aliphatic heterocycles. The van der Waals surface area contributed by atoms with E-state index >= 15 is 0 Å². The van der Waals surface area contributed by atoms with Gasteiger partial charge < -0.3 is 4.90 Å². The maximum absolute atomic E-state index is 13.5. The topological polar surface area (TPSA) is 70.2 Å². The first-order valence-electron chi connectivity index (χ1n) is 8.91. The summed E-state index contributed by atoms with van der Waals surface area (Å²) in [5.41, 5.74) is 8.11. The van der Waals surface area contributed by atoms with E-state index in [2.05, 4.69) is 20.8 Å². The van der Waals surface area contributed by atoms with Crippen LogP contribution in [0.4, 0.5) is 10.3 Å². The van der Waals surface area contributed by atoms with Crippen LogP contribution in [0, 0.1) is 0 Å². The number of nitrogens with zero attached hydrogens (tertiary/aromatic N) is 3. The molecule has 0 saturated carbocycles. The van der Waals surface area contributed by atoms with Crippen LogP contribution < -0.4 is 10.9 Å². The molecular weight excluding hydrogens is 357 g/mol. The zero-order chi connectivity index (χ0) is 19.8. The zero-order valence-electron chi connectivity index (χ0n) is 15.6. The molecule has 3 aromatic rings. The van der Waals surface area contributed by atoms with E-state index in [1.54, 1.807) is 7.05 Å². The van der Waals surface area contributed by atoms with Crippen molar-refractivity contribution in [2.24, 2.45) is 0 Å². The predicted molar refractivity (Wildman–Crippen MR) is 106 cm³/mol. The lowest BCUT2D eigenvalue weighted by atomic mass is 10.2. The molecule has 3 rings (SSSR count). The van der Waals surface area contributed by atoms with Crippen molar-refractivity contribution in [3.05, 3.63) is 89.2 Å². The predicted octanol–water partition coefficient (Wildman–Crippen LogP) is 3.34. The number of amides is 1. The van der Waals surface area contributed by atoms with Crippen LogP contribution in [0.15, 0.2) is 66.9 Å². The van der Waals surface area contributed by atoms with Crippen LogP contribution in [-0.2, 0) is 19.8 Å². The third-order valence-electron chi connectivity index (χ3n) is 4.17. The molecule has 2 aromatic carbocycles. The number of aromatic nitrogens is 2. The molecule has 0 saturated heterocycles. The smallest absolute Gasteiger partial charge is 0.257 e. The van der Waals surface area contributed by atoms with Crippen molar-refractivity contribution in [3.8, 4) is 0 Å². The van der Waals surface area contributed by atoms with Crippen molar-refractivity contribution in [1.82, 2.24) is 20.3 Å². The lowest BCUT2D eigenvalue weighted by Crippen LogP contribution is -2.28. The Morgan fingerprint density at radius 1 is 1.04 bits per heavy atom. The van der Waals surface area contributed by atoms with Crippen LogP contribution in [0.3, 0.4) is 0 Å². The molecule has 1 amide bonds. The molecular formula is C21H22FN5O. The fraction of sp³-hybridized carbons (Fsp3) is 0.190. The van der Waals surface area contributed by atoms with Crippen LogP contribution in [0.25, 0.3) is 0 Å². The van der Waals surface area contributed by atoms with Crippen molar-refractivity contribution in [1.29, 1.82) is 0 Å². The summed E-state index contributed by atoms with van der Waals surface area (Å²) in [6, 6.07) is 19.4. The van der Waals surface area contributed by atoms with Gasteiger partial charge in [-0.1, -0.05) is 60.7 Å². The highest BCUT2D eigenvalue weighted by Crippen LogP contribution is 2.14. The molecule has 7 heteroatoms. The number of hydrogen-bond acceptors (Lipinski definition) is 5. The van der Waals surface area contributed by atoms with Gasteiger partial charge in [-0.15, -0.1) is 0 Å². The normalized spacial score (nSPS) is 10.5. The van der Waals surface area contributed by atoms with Gasteiger partial charge in [-0.25, -0.2) is 19.8 Å². The summed E-state index contributed by atoms with van der Waals surface area (Å²) in [6.07, 6.45) is 1.36. The molecule has 1 aromatic heterocycles. The second kappa shape index (κ2) is 9.57. The number of rotatable bonds is 8. The van der Waals surface area contributed by atoms with Crippen molar-refractivity contribution in [2.75, 3.05) is 12.5 Å². The zero-order valence-corrected chi connectivity index (χ0v) is 15.6. The Balaban J connectivity index is 1.64.